The van der Waals surface area contributed by atoms with Gasteiger partial charge >= 0.3 is 0 Å². The maximum absolute atomic E-state index is 9.30. The van der Waals surface area contributed by atoms with Crippen LogP contribution in [0.25, 0.3) is 0 Å². The van der Waals surface area contributed by atoms with E-state index in [-0.39, 0.29) is 16.9 Å². The summed E-state index contributed by atoms with van der Waals surface area (Å²) in [6.45, 7) is 8.82. The van der Waals surface area contributed by atoms with E-state index >= 15 is 0 Å². The minimum absolute atomic E-state index is 0.151. The second-order valence-corrected chi connectivity index (χ2v) is 12.4. The maximum atomic E-state index is 9.30. The Bertz CT molecular complexity index is 622. The van der Waals surface area contributed by atoms with Gasteiger partial charge < -0.3 is 14.3 Å². The number of benzene rings is 2. The number of hydrogen-bond acceptors (Lipinski definition) is 3. The molecule has 1 atom stereocenters. The van der Waals surface area contributed by atoms with Crippen LogP contribution in [0.4, 0.5) is 0 Å². The van der Waals surface area contributed by atoms with Crippen LogP contribution in [-0.2, 0) is 9.53 Å². The second kappa shape index (κ2) is 13.6. The van der Waals surface area contributed by atoms with E-state index in [1.165, 1.54) is 44.6 Å². The van der Waals surface area contributed by atoms with Crippen LogP contribution in [-0.4, -0.2) is 29.7 Å². The summed E-state index contributed by atoms with van der Waals surface area (Å²) >= 11 is 0. The fourth-order valence-electron chi connectivity index (χ4n) is 3.25. The van der Waals surface area contributed by atoms with E-state index in [1.54, 1.807) is 24.3 Å². The van der Waals surface area contributed by atoms with Gasteiger partial charge in [0, 0.05) is 5.41 Å². The summed E-state index contributed by atoms with van der Waals surface area (Å²) in [5.74, 6) is 0.547. The molecular formula is C24H40O3Si2. The first-order valence-electron chi connectivity index (χ1n) is 10.9. The van der Waals surface area contributed by atoms with Crippen LogP contribution >= 0.6 is 0 Å². The van der Waals surface area contributed by atoms with Gasteiger partial charge in [0.1, 0.15) is 22.0 Å². The summed E-state index contributed by atoms with van der Waals surface area (Å²) in [4.78, 5) is 0. The monoisotopic (exact) mass is 432 g/mol. The van der Waals surface area contributed by atoms with Crippen molar-refractivity contribution in [3.8, 4) is 11.5 Å². The fraction of sp³-hybridized carbons (Fsp3) is 0.500. The summed E-state index contributed by atoms with van der Waals surface area (Å²) in [6.07, 6.45) is 8.50. The zero-order valence-corrected chi connectivity index (χ0v) is 22.1. The van der Waals surface area contributed by atoms with Crippen LogP contribution in [0.15, 0.2) is 48.5 Å². The molecular weight excluding hydrogens is 392 g/mol. The van der Waals surface area contributed by atoms with Crippen molar-refractivity contribution in [2.24, 2.45) is 0 Å². The van der Waals surface area contributed by atoms with E-state index < -0.39 is 9.04 Å². The lowest BCUT2D eigenvalue weighted by Gasteiger charge is -2.26. The molecule has 3 nitrogen and oxygen atoms in total. The number of aromatic hydroxyl groups is 2. The van der Waals surface area contributed by atoms with Crippen molar-refractivity contribution in [1.82, 2.24) is 0 Å². The molecule has 0 fully saturated rings. The quantitative estimate of drug-likeness (QED) is 0.389. The fourth-order valence-corrected chi connectivity index (χ4v) is 5.06. The molecule has 2 aromatic rings. The molecule has 0 saturated carbocycles. The summed E-state index contributed by atoms with van der Waals surface area (Å²) in [5.41, 5.74) is 2.10. The van der Waals surface area contributed by atoms with Crippen molar-refractivity contribution >= 4 is 19.5 Å². The van der Waals surface area contributed by atoms with Gasteiger partial charge in [-0.1, -0.05) is 83.6 Å². The van der Waals surface area contributed by atoms with Gasteiger partial charge in [0.2, 0.25) is 0 Å². The third kappa shape index (κ3) is 9.65. The summed E-state index contributed by atoms with van der Waals surface area (Å²) in [5, 5.41) is 18.6. The van der Waals surface area contributed by atoms with E-state index in [4.69, 9.17) is 4.12 Å². The highest BCUT2D eigenvalue weighted by molar-refractivity contribution is 6.54. The highest BCUT2D eigenvalue weighted by Crippen LogP contribution is 2.32. The molecule has 2 N–H and O–H groups in total. The van der Waals surface area contributed by atoms with Crippen LogP contribution in [0.2, 0.25) is 12.6 Å². The Kier molecular flexibility index (Phi) is 12.0. The molecule has 0 amide bonds. The first-order chi connectivity index (χ1) is 13.8. The zero-order valence-electron chi connectivity index (χ0n) is 18.9. The minimum Gasteiger partial charge on any atom is -0.508 e. The van der Waals surface area contributed by atoms with E-state index in [1.807, 2.05) is 24.3 Å². The van der Waals surface area contributed by atoms with Crippen LogP contribution in [0, 0.1) is 0 Å². The number of phenolic OH excluding ortho intramolecular Hbond substituents is 2. The molecule has 2 aromatic carbocycles. The Morgan fingerprint density at radius 1 is 0.793 bits per heavy atom. The lowest BCUT2D eigenvalue weighted by Crippen LogP contribution is -2.18. The molecule has 0 radical (unpaired) electrons. The van der Waals surface area contributed by atoms with E-state index in [2.05, 4.69) is 27.3 Å². The Balaban J connectivity index is 0.000000311. The Morgan fingerprint density at radius 2 is 1.21 bits per heavy atom. The standard InChI is InChI=1S/C15H16O2.C9H24OSi2/c1-15(2,11-3-7-13(16)8-4-11)12-5-9-14(17)10-6-12;1-3-4-5-6-7-8-9-12(2)10-11/h3-10,16-17H,1-2H3;12H,3-9H2,1-2,11H3. The van der Waals surface area contributed by atoms with Crippen molar-refractivity contribution in [1.29, 1.82) is 0 Å². The smallest absolute Gasteiger partial charge is 0.159 e. The van der Waals surface area contributed by atoms with Crippen LogP contribution in [0.5, 0.6) is 11.5 Å². The molecule has 29 heavy (non-hydrogen) atoms. The van der Waals surface area contributed by atoms with Crippen LogP contribution < -0.4 is 0 Å². The number of unbranched alkanes of at least 4 members (excludes halogenated alkanes) is 5. The number of hydrogen-bond donors (Lipinski definition) is 2. The van der Waals surface area contributed by atoms with E-state index in [0.717, 1.165) is 21.6 Å². The van der Waals surface area contributed by atoms with Gasteiger partial charge in [0.25, 0.3) is 0 Å². The SMILES string of the molecule is CC(C)(c1ccc(O)cc1)c1ccc(O)cc1.CCCCCCCC[SiH](C)O[SiH3]. The van der Waals surface area contributed by atoms with Crippen molar-refractivity contribution < 1.29 is 14.3 Å². The lowest BCUT2D eigenvalue weighted by atomic mass is 9.78. The average molecular weight is 433 g/mol. The Morgan fingerprint density at radius 3 is 1.62 bits per heavy atom. The second-order valence-electron chi connectivity index (χ2n) is 8.32. The highest BCUT2D eigenvalue weighted by Gasteiger charge is 2.22. The van der Waals surface area contributed by atoms with Gasteiger partial charge in [-0.2, -0.15) is 0 Å². The molecule has 5 heteroatoms. The lowest BCUT2D eigenvalue weighted by molar-refractivity contribution is 0.474. The van der Waals surface area contributed by atoms with Gasteiger partial charge in [-0.15, -0.1) is 0 Å². The van der Waals surface area contributed by atoms with Crippen molar-refractivity contribution in [3.05, 3.63) is 59.7 Å². The van der Waals surface area contributed by atoms with Gasteiger partial charge in [0.05, 0.1) is 0 Å². The van der Waals surface area contributed by atoms with Crippen LogP contribution in [0.3, 0.4) is 0 Å². The van der Waals surface area contributed by atoms with E-state index in [0.29, 0.717) is 0 Å². The van der Waals surface area contributed by atoms with Gasteiger partial charge in [-0.05, 0) is 48.0 Å². The largest absolute Gasteiger partial charge is 0.508 e. The summed E-state index contributed by atoms with van der Waals surface area (Å²) in [6, 6.07) is 15.8. The molecule has 0 aliphatic rings. The summed E-state index contributed by atoms with van der Waals surface area (Å²) < 4.78 is 5.46. The Labute approximate surface area is 182 Å². The zero-order chi connectivity index (χ0) is 21.7. The summed E-state index contributed by atoms with van der Waals surface area (Å²) in [7, 11) is 0.276. The van der Waals surface area contributed by atoms with Gasteiger partial charge in [0.15, 0.2) is 9.04 Å². The predicted molar refractivity (Wildman–Crippen MR) is 131 cm³/mol. The third-order valence-electron chi connectivity index (χ3n) is 5.54. The molecule has 0 aliphatic heterocycles. The van der Waals surface area contributed by atoms with Gasteiger partial charge in [-0.25, -0.2) is 0 Å². The van der Waals surface area contributed by atoms with Crippen molar-refractivity contribution in [3.63, 3.8) is 0 Å². The number of rotatable bonds is 10. The molecule has 1 unspecified atom stereocenters. The Hall–Kier alpha value is -1.57. The average Bonchev–Trinajstić information content (AvgIpc) is 2.71. The topological polar surface area (TPSA) is 49.7 Å². The van der Waals surface area contributed by atoms with Crippen LogP contribution in [0.1, 0.15) is 70.4 Å². The predicted octanol–water partition coefficient (Wildman–Crippen LogP) is 5.42. The molecule has 0 spiro atoms. The minimum atomic E-state index is -0.678. The van der Waals surface area contributed by atoms with Gasteiger partial charge in [-0.3, -0.25) is 0 Å². The molecule has 162 valence electrons. The molecule has 0 aliphatic carbocycles. The first-order valence-corrected chi connectivity index (χ1v) is 14.2. The highest BCUT2D eigenvalue weighted by atomic mass is 28.3. The van der Waals surface area contributed by atoms with Crippen molar-refractivity contribution in [2.45, 2.75) is 77.3 Å². The molecule has 0 heterocycles. The maximum Gasteiger partial charge on any atom is 0.159 e. The molecule has 0 saturated heterocycles. The molecule has 0 aromatic heterocycles. The normalized spacial score (nSPS) is 12.3. The molecule has 0 bridgehead atoms. The first kappa shape index (κ1) is 25.5. The molecule has 2 rings (SSSR count). The third-order valence-corrected chi connectivity index (χ3v) is 9.98. The number of phenols is 2. The van der Waals surface area contributed by atoms with E-state index in [9.17, 15) is 10.2 Å². The van der Waals surface area contributed by atoms with Crippen molar-refractivity contribution in [2.75, 3.05) is 0 Å².